The maximum atomic E-state index is 13.3. The summed E-state index contributed by atoms with van der Waals surface area (Å²) in [7, 11) is -3.57. The molecule has 204 valence electrons. The zero-order valence-electron chi connectivity index (χ0n) is 22.2. The van der Waals surface area contributed by atoms with Crippen LogP contribution >= 0.6 is 11.5 Å². The molecule has 0 spiro atoms. The van der Waals surface area contributed by atoms with Crippen molar-refractivity contribution in [2.75, 3.05) is 44.2 Å². The van der Waals surface area contributed by atoms with Crippen LogP contribution in [0.4, 0.5) is 5.82 Å². The normalized spacial score (nSPS) is 20.9. The van der Waals surface area contributed by atoms with Gasteiger partial charge in [0.15, 0.2) is 0 Å². The van der Waals surface area contributed by atoms with E-state index in [-0.39, 0.29) is 0 Å². The SMILES string of the molecule is O=S(=O)(NCC1CCCCC1CN1CCN(c2nsc3ccccc23)CC1)c1cccc(-c2ccccc2)c1. The fourth-order valence-corrected chi connectivity index (χ4v) is 8.08. The summed E-state index contributed by atoms with van der Waals surface area (Å²) in [4.78, 5) is 5.33. The van der Waals surface area contributed by atoms with Crippen molar-refractivity contribution < 1.29 is 8.42 Å². The Morgan fingerprint density at radius 1 is 0.821 bits per heavy atom. The number of nitrogens with zero attached hydrogens (tertiary/aromatic N) is 3. The Morgan fingerprint density at radius 3 is 2.36 bits per heavy atom. The van der Waals surface area contributed by atoms with Crippen LogP contribution in [0.15, 0.2) is 83.8 Å². The third-order valence-electron chi connectivity index (χ3n) is 8.38. The zero-order chi connectivity index (χ0) is 26.7. The molecule has 2 atom stereocenters. The molecule has 3 aromatic carbocycles. The van der Waals surface area contributed by atoms with Gasteiger partial charge in [-0.25, -0.2) is 13.1 Å². The van der Waals surface area contributed by atoms with Crippen LogP contribution in [0.2, 0.25) is 0 Å². The van der Waals surface area contributed by atoms with Crippen LogP contribution in [-0.4, -0.2) is 57.0 Å². The molecular weight excluding hydrogens is 525 g/mol. The highest BCUT2D eigenvalue weighted by atomic mass is 32.2. The molecule has 1 aromatic heterocycles. The number of benzene rings is 3. The number of anilines is 1. The van der Waals surface area contributed by atoms with Crippen LogP contribution in [0.25, 0.3) is 21.2 Å². The third-order valence-corrected chi connectivity index (χ3v) is 10.6. The molecule has 2 heterocycles. The van der Waals surface area contributed by atoms with Gasteiger partial charge in [-0.3, -0.25) is 4.90 Å². The second kappa shape index (κ2) is 11.8. The molecule has 2 unspecified atom stereocenters. The van der Waals surface area contributed by atoms with E-state index in [1.807, 2.05) is 42.5 Å². The predicted octanol–water partition coefficient (Wildman–Crippen LogP) is 5.87. The van der Waals surface area contributed by atoms with Gasteiger partial charge in [-0.05, 0) is 71.6 Å². The number of sulfonamides is 1. The lowest BCUT2D eigenvalue weighted by Crippen LogP contribution is -2.49. The van der Waals surface area contributed by atoms with Crippen LogP contribution in [0.1, 0.15) is 25.7 Å². The maximum absolute atomic E-state index is 13.3. The van der Waals surface area contributed by atoms with Crippen molar-refractivity contribution in [3.8, 4) is 11.1 Å². The second-order valence-electron chi connectivity index (χ2n) is 10.8. The van der Waals surface area contributed by atoms with Gasteiger partial charge in [0.2, 0.25) is 10.0 Å². The third kappa shape index (κ3) is 6.04. The van der Waals surface area contributed by atoms with Crippen molar-refractivity contribution in [2.24, 2.45) is 11.8 Å². The molecule has 1 saturated heterocycles. The fourth-order valence-electron chi connectivity index (χ4n) is 6.14. The summed E-state index contributed by atoms with van der Waals surface area (Å²) in [6.07, 6.45) is 4.67. The van der Waals surface area contributed by atoms with E-state index in [9.17, 15) is 8.42 Å². The summed E-state index contributed by atoms with van der Waals surface area (Å²) < 4.78 is 35.5. The molecule has 0 radical (unpaired) electrons. The molecule has 6 rings (SSSR count). The molecule has 6 nitrogen and oxygen atoms in total. The first-order chi connectivity index (χ1) is 19.1. The van der Waals surface area contributed by atoms with Crippen molar-refractivity contribution >= 4 is 37.5 Å². The first kappa shape index (κ1) is 26.4. The van der Waals surface area contributed by atoms with Crippen molar-refractivity contribution in [3.63, 3.8) is 0 Å². The topological polar surface area (TPSA) is 65.5 Å². The van der Waals surface area contributed by atoms with Crippen molar-refractivity contribution in [3.05, 3.63) is 78.9 Å². The Labute approximate surface area is 235 Å². The van der Waals surface area contributed by atoms with Crippen molar-refractivity contribution in [2.45, 2.75) is 30.6 Å². The molecule has 2 fully saturated rings. The molecule has 39 heavy (non-hydrogen) atoms. The summed E-state index contributed by atoms with van der Waals surface area (Å²) in [6.45, 7) is 5.56. The molecule has 4 aromatic rings. The van der Waals surface area contributed by atoms with Gasteiger partial charge in [0.05, 0.1) is 9.60 Å². The van der Waals surface area contributed by atoms with Gasteiger partial charge in [-0.1, -0.05) is 67.4 Å². The zero-order valence-corrected chi connectivity index (χ0v) is 23.8. The Kier molecular flexibility index (Phi) is 7.97. The monoisotopic (exact) mass is 560 g/mol. The number of rotatable bonds is 8. The van der Waals surface area contributed by atoms with E-state index in [4.69, 9.17) is 4.37 Å². The van der Waals surface area contributed by atoms with Crippen LogP contribution in [0.5, 0.6) is 0 Å². The highest BCUT2D eigenvalue weighted by Crippen LogP contribution is 2.33. The summed E-state index contributed by atoms with van der Waals surface area (Å²) in [6, 6.07) is 25.7. The lowest BCUT2D eigenvalue weighted by Gasteiger charge is -2.40. The van der Waals surface area contributed by atoms with Gasteiger partial charge >= 0.3 is 0 Å². The Hall–Kier alpha value is -2.78. The number of hydrogen-bond donors (Lipinski definition) is 1. The number of fused-ring (bicyclic) bond motifs is 1. The number of nitrogens with one attached hydrogen (secondary N) is 1. The molecule has 1 saturated carbocycles. The quantitative estimate of drug-likeness (QED) is 0.292. The maximum Gasteiger partial charge on any atom is 0.240 e. The van der Waals surface area contributed by atoms with E-state index in [1.165, 1.54) is 29.3 Å². The largest absolute Gasteiger partial charge is 0.353 e. The van der Waals surface area contributed by atoms with Gasteiger partial charge in [-0.2, -0.15) is 4.37 Å². The minimum absolute atomic E-state index is 0.335. The number of hydrogen-bond acceptors (Lipinski definition) is 6. The minimum atomic E-state index is -3.57. The van der Waals surface area contributed by atoms with Crippen molar-refractivity contribution in [1.29, 1.82) is 0 Å². The molecule has 1 aliphatic carbocycles. The van der Waals surface area contributed by atoms with Gasteiger partial charge in [0, 0.05) is 44.7 Å². The molecule has 2 aliphatic rings. The van der Waals surface area contributed by atoms with Gasteiger partial charge in [0.1, 0.15) is 5.82 Å². The van der Waals surface area contributed by atoms with Crippen LogP contribution < -0.4 is 9.62 Å². The Bertz CT molecular complexity index is 1500. The smallest absolute Gasteiger partial charge is 0.240 e. The molecule has 0 bridgehead atoms. The molecule has 8 heteroatoms. The average Bonchev–Trinajstić information content (AvgIpc) is 3.42. The van der Waals surface area contributed by atoms with Gasteiger partial charge < -0.3 is 4.90 Å². The lowest BCUT2D eigenvalue weighted by atomic mass is 9.79. The van der Waals surface area contributed by atoms with E-state index in [2.05, 4.69) is 38.8 Å². The van der Waals surface area contributed by atoms with Crippen LogP contribution in [-0.2, 0) is 10.0 Å². The molecule has 1 aliphatic heterocycles. The molecular formula is C31H36N4O2S2. The minimum Gasteiger partial charge on any atom is -0.353 e. The van der Waals surface area contributed by atoms with E-state index >= 15 is 0 Å². The molecule has 1 N–H and O–H groups in total. The van der Waals surface area contributed by atoms with Crippen LogP contribution in [0, 0.1) is 11.8 Å². The first-order valence-corrected chi connectivity index (χ1v) is 16.3. The first-order valence-electron chi connectivity index (χ1n) is 14.0. The van der Waals surface area contributed by atoms with Crippen molar-refractivity contribution in [1.82, 2.24) is 14.0 Å². The second-order valence-corrected chi connectivity index (χ2v) is 13.4. The fraction of sp³-hybridized carbons (Fsp3) is 0.387. The summed E-state index contributed by atoms with van der Waals surface area (Å²) in [5, 5.41) is 1.25. The highest BCUT2D eigenvalue weighted by molar-refractivity contribution is 7.89. The summed E-state index contributed by atoms with van der Waals surface area (Å²) >= 11 is 1.58. The van der Waals surface area contributed by atoms with Gasteiger partial charge in [-0.15, -0.1) is 0 Å². The predicted molar refractivity (Wildman–Crippen MR) is 161 cm³/mol. The standard InChI is InChI=1S/C31H36N4O2S2/c36-39(37,28-14-8-13-25(21-28)24-9-2-1-3-10-24)32-22-26-11-4-5-12-27(26)23-34-17-19-35(20-18-34)31-29-15-6-7-16-30(29)38-33-31/h1-3,6-10,13-16,21,26-27,32H,4-5,11-12,17-20,22-23H2. The Morgan fingerprint density at radius 2 is 1.54 bits per heavy atom. The van der Waals surface area contributed by atoms with Gasteiger partial charge in [0.25, 0.3) is 0 Å². The number of piperazine rings is 1. The average molecular weight is 561 g/mol. The Balaban J connectivity index is 1.06. The van der Waals surface area contributed by atoms with Crippen LogP contribution in [0.3, 0.4) is 0 Å². The van der Waals surface area contributed by atoms with E-state index in [0.717, 1.165) is 56.1 Å². The van der Waals surface area contributed by atoms with E-state index < -0.39 is 10.0 Å². The number of aromatic nitrogens is 1. The molecule has 0 amide bonds. The lowest BCUT2D eigenvalue weighted by molar-refractivity contribution is 0.147. The highest BCUT2D eigenvalue weighted by Gasteiger charge is 2.30. The summed E-state index contributed by atoms with van der Waals surface area (Å²) in [5.41, 5.74) is 1.93. The van der Waals surface area contributed by atoms with E-state index in [1.54, 1.807) is 23.7 Å². The summed E-state index contributed by atoms with van der Waals surface area (Å²) in [5.74, 6) is 2.01. The van der Waals surface area contributed by atoms with E-state index in [0.29, 0.717) is 23.3 Å².